The molecule has 0 saturated carbocycles. The van der Waals surface area contributed by atoms with Gasteiger partial charge in [-0.05, 0) is 74.2 Å². The summed E-state index contributed by atoms with van der Waals surface area (Å²) in [6.07, 6.45) is 1.03. The lowest BCUT2D eigenvalue weighted by Crippen LogP contribution is -2.43. The van der Waals surface area contributed by atoms with Gasteiger partial charge in [-0.15, -0.1) is 0 Å². The molecule has 6 nitrogen and oxygen atoms in total. The number of hydrogen-bond donors (Lipinski definition) is 0. The summed E-state index contributed by atoms with van der Waals surface area (Å²) in [4.78, 5) is 14.9. The van der Waals surface area contributed by atoms with E-state index < -0.39 is 10.0 Å². The third-order valence-electron chi connectivity index (χ3n) is 5.71. The summed E-state index contributed by atoms with van der Waals surface area (Å²) in [5.74, 6) is 0.473. The van der Waals surface area contributed by atoms with Gasteiger partial charge in [0.05, 0.1) is 12.0 Å². The first-order valence-electron chi connectivity index (χ1n) is 9.73. The SMILES string of the molecule is COc1ccc(S(=O)(=O)N2CCC(C(=O)N(C)c3ccc(C)c(C)c3)CC2)cc1. The molecule has 0 bridgehead atoms. The molecule has 1 fully saturated rings. The van der Waals surface area contributed by atoms with E-state index in [1.54, 1.807) is 43.3 Å². The average Bonchev–Trinajstić information content (AvgIpc) is 2.74. The van der Waals surface area contributed by atoms with Gasteiger partial charge in [0, 0.05) is 31.7 Å². The van der Waals surface area contributed by atoms with Crippen molar-refractivity contribution >= 4 is 21.6 Å². The molecule has 7 heteroatoms. The van der Waals surface area contributed by atoms with Gasteiger partial charge in [-0.1, -0.05) is 6.07 Å². The third kappa shape index (κ3) is 4.46. The van der Waals surface area contributed by atoms with Crippen LogP contribution in [0.2, 0.25) is 0 Å². The summed E-state index contributed by atoms with van der Waals surface area (Å²) < 4.78 is 32.3. The molecular weight excluding hydrogens is 388 g/mol. The van der Waals surface area contributed by atoms with Gasteiger partial charge in [0.1, 0.15) is 5.75 Å². The van der Waals surface area contributed by atoms with Gasteiger partial charge in [0.2, 0.25) is 15.9 Å². The molecule has 0 radical (unpaired) electrons. The van der Waals surface area contributed by atoms with Crippen LogP contribution < -0.4 is 9.64 Å². The second-order valence-corrected chi connectivity index (χ2v) is 9.46. The Morgan fingerprint density at radius 2 is 1.66 bits per heavy atom. The summed E-state index contributed by atoms with van der Waals surface area (Å²) in [6, 6.07) is 12.4. The minimum absolute atomic E-state index is 0.0368. The highest BCUT2D eigenvalue weighted by Crippen LogP contribution is 2.27. The summed E-state index contributed by atoms with van der Waals surface area (Å²) in [5, 5.41) is 0. The molecule has 1 aliphatic heterocycles. The molecule has 0 unspecified atom stereocenters. The fourth-order valence-electron chi connectivity index (χ4n) is 3.58. The molecule has 0 atom stereocenters. The first-order chi connectivity index (χ1) is 13.7. The molecule has 1 heterocycles. The minimum Gasteiger partial charge on any atom is -0.497 e. The largest absolute Gasteiger partial charge is 0.497 e. The normalized spacial score (nSPS) is 15.9. The minimum atomic E-state index is -3.57. The van der Waals surface area contributed by atoms with E-state index in [1.807, 2.05) is 32.0 Å². The van der Waals surface area contributed by atoms with Crippen molar-refractivity contribution in [2.45, 2.75) is 31.6 Å². The summed E-state index contributed by atoms with van der Waals surface area (Å²) in [5.41, 5.74) is 3.19. The Hall–Kier alpha value is -2.38. The molecule has 2 aromatic carbocycles. The number of anilines is 1. The number of piperidine rings is 1. The zero-order valence-corrected chi connectivity index (χ0v) is 18.2. The zero-order chi connectivity index (χ0) is 21.2. The highest BCUT2D eigenvalue weighted by molar-refractivity contribution is 7.89. The van der Waals surface area contributed by atoms with Crippen LogP contribution in [0.1, 0.15) is 24.0 Å². The second-order valence-electron chi connectivity index (χ2n) is 7.52. The van der Waals surface area contributed by atoms with Gasteiger partial charge in [-0.2, -0.15) is 4.31 Å². The Morgan fingerprint density at radius 1 is 1.03 bits per heavy atom. The number of sulfonamides is 1. The molecule has 0 N–H and O–H groups in total. The number of methoxy groups -OCH3 is 1. The van der Waals surface area contributed by atoms with Gasteiger partial charge in [0.15, 0.2) is 0 Å². The first kappa shape index (κ1) is 21.3. The quantitative estimate of drug-likeness (QED) is 0.749. The van der Waals surface area contributed by atoms with Crippen molar-refractivity contribution in [2.75, 3.05) is 32.1 Å². The second kappa shape index (κ2) is 8.55. The van der Waals surface area contributed by atoms with Gasteiger partial charge in [0.25, 0.3) is 0 Å². The van der Waals surface area contributed by atoms with Crippen molar-refractivity contribution in [2.24, 2.45) is 5.92 Å². The molecule has 0 spiro atoms. The summed E-state index contributed by atoms with van der Waals surface area (Å²) in [6.45, 7) is 4.75. The highest BCUT2D eigenvalue weighted by atomic mass is 32.2. The van der Waals surface area contributed by atoms with E-state index in [4.69, 9.17) is 4.74 Å². The molecule has 0 aromatic heterocycles. The monoisotopic (exact) mass is 416 g/mol. The molecule has 156 valence electrons. The van der Waals surface area contributed by atoms with Crippen molar-refractivity contribution < 1.29 is 17.9 Å². The van der Waals surface area contributed by atoms with E-state index in [0.717, 1.165) is 11.3 Å². The van der Waals surface area contributed by atoms with Gasteiger partial charge >= 0.3 is 0 Å². The predicted molar refractivity (Wildman–Crippen MR) is 114 cm³/mol. The topological polar surface area (TPSA) is 66.9 Å². The van der Waals surface area contributed by atoms with E-state index >= 15 is 0 Å². The highest BCUT2D eigenvalue weighted by Gasteiger charge is 2.33. The van der Waals surface area contributed by atoms with Crippen LogP contribution in [-0.4, -0.2) is 45.9 Å². The molecule has 0 aliphatic carbocycles. The average molecular weight is 417 g/mol. The number of nitrogens with zero attached hydrogens (tertiary/aromatic N) is 2. The van der Waals surface area contributed by atoms with Gasteiger partial charge < -0.3 is 9.64 Å². The maximum Gasteiger partial charge on any atom is 0.243 e. The maximum absolute atomic E-state index is 12.9. The van der Waals surface area contributed by atoms with Crippen LogP contribution in [0.4, 0.5) is 5.69 Å². The van der Waals surface area contributed by atoms with Crippen LogP contribution in [0.25, 0.3) is 0 Å². The lowest BCUT2D eigenvalue weighted by atomic mass is 9.96. The van der Waals surface area contributed by atoms with E-state index in [0.29, 0.717) is 31.7 Å². The lowest BCUT2D eigenvalue weighted by molar-refractivity contribution is -0.123. The Bertz CT molecular complexity index is 978. The molecule has 1 aliphatic rings. The molecular formula is C22H28N2O4S. The number of ether oxygens (including phenoxy) is 1. The summed E-state index contributed by atoms with van der Waals surface area (Å²) in [7, 11) is -0.240. The molecule has 1 saturated heterocycles. The maximum atomic E-state index is 12.9. The van der Waals surface area contributed by atoms with Crippen LogP contribution in [0.15, 0.2) is 47.4 Å². The molecule has 2 aromatic rings. The van der Waals surface area contributed by atoms with Crippen molar-refractivity contribution in [3.63, 3.8) is 0 Å². The Labute approximate surface area is 173 Å². The van der Waals surface area contributed by atoms with E-state index in [2.05, 4.69) is 0 Å². The number of aryl methyl sites for hydroxylation is 2. The van der Waals surface area contributed by atoms with E-state index in [9.17, 15) is 13.2 Å². The van der Waals surface area contributed by atoms with E-state index in [-0.39, 0.29) is 16.7 Å². The fourth-order valence-corrected chi connectivity index (χ4v) is 5.04. The Kier molecular flexibility index (Phi) is 6.29. The number of benzene rings is 2. The molecule has 29 heavy (non-hydrogen) atoms. The molecule has 3 rings (SSSR count). The number of rotatable bonds is 5. The van der Waals surface area contributed by atoms with Crippen LogP contribution in [0.5, 0.6) is 5.75 Å². The molecule has 1 amide bonds. The van der Waals surface area contributed by atoms with Crippen LogP contribution in [0, 0.1) is 19.8 Å². The third-order valence-corrected chi connectivity index (χ3v) is 7.62. The zero-order valence-electron chi connectivity index (χ0n) is 17.4. The van der Waals surface area contributed by atoms with Crippen LogP contribution in [0.3, 0.4) is 0 Å². The van der Waals surface area contributed by atoms with Crippen LogP contribution >= 0.6 is 0 Å². The van der Waals surface area contributed by atoms with Crippen molar-refractivity contribution in [3.05, 3.63) is 53.6 Å². The standard InChI is InChI=1S/C22H28N2O4S/c1-16-5-6-19(15-17(16)2)23(3)22(25)18-11-13-24(14-12-18)29(26,27)21-9-7-20(28-4)8-10-21/h5-10,15,18H,11-14H2,1-4H3. The predicted octanol–water partition coefficient (Wildman–Crippen LogP) is 3.38. The van der Waals surface area contributed by atoms with Crippen molar-refractivity contribution in [3.8, 4) is 5.75 Å². The van der Waals surface area contributed by atoms with Crippen molar-refractivity contribution in [1.29, 1.82) is 0 Å². The number of carbonyl (C=O) groups is 1. The lowest BCUT2D eigenvalue weighted by Gasteiger charge is -2.32. The Balaban J connectivity index is 1.65. The first-order valence-corrected chi connectivity index (χ1v) is 11.2. The Morgan fingerprint density at radius 3 is 2.21 bits per heavy atom. The van der Waals surface area contributed by atoms with E-state index in [1.165, 1.54) is 9.87 Å². The summed E-state index contributed by atoms with van der Waals surface area (Å²) >= 11 is 0. The number of hydrogen-bond acceptors (Lipinski definition) is 4. The van der Waals surface area contributed by atoms with Gasteiger partial charge in [-0.3, -0.25) is 4.79 Å². The number of amides is 1. The number of carbonyl (C=O) groups excluding carboxylic acids is 1. The van der Waals surface area contributed by atoms with Gasteiger partial charge in [-0.25, -0.2) is 8.42 Å². The fraction of sp³-hybridized carbons (Fsp3) is 0.409. The van der Waals surface area contributed by atoms with Crippen molar-refractivity contribution in [1.82, 2.24) is 4.31 Å². The van der Waals surface area contributed by atoms with Crippen LogP contribution in [-0.2, 0) is 14.8 Å². The smallest absolute Gasteiger partial charge is 0.243 e.